The molecular weight excluding hydrogens is 241 g/mol. The molecule has 0 spiro atoms. The predicted octanol–water partition coefficient (Wildman–Crippen LogP) is 3.97. The van der Waals surface area contributed by atoms with Crippen molar-refractivity contribution in [1.82, 2.24) is 0 Å². The predicted molar refractivity (Wildman–Crippen MR) is 75.7 cm³/mol. The second-order valence-electron chi connectivity index (χ2n) is 4.44. The van der Waals surface area contributed by atoms with Gasteiger partial charge in [0.1, 0.15) is 12.1 Å². The van der Waals surface area contributed by atoms with Gasteiger partial charge >= 0.3 is 0 Å². The zero-order valence-corrected chi connectivity index (χ0v) is 11.1. The van der Waals surface area contributed by atoms with E-state index in [0.717, 1.165) is 12.1 Å². The summed E-state index contributed by atoms with van der Waals surface area (Å²) in [6.07, 6.45) is 1.64. The first kappa shape index (κ1) is 13.3. The third-order valence-corrected chi connectivity index (χ3v) is 3.16. The number of aryl methyl sites for hydroxylation is 1. The van der Waals surface area contributed by atoms with Gasteiger partial charge in [-0.3, -0.25) is 4.79 Å². The normalized spacial score (nSPS) is 10.3. The molecule has 0 fully saturated rings. The summed E-state index contributed by atoms with van der Waals surface area (Å²) in [4.78, 5) is 12.6. The molecular formula is C16H16FNO. The van der Waals surface area contributed by atoms with Gasteiger partial charge in [0.05, 0.1) is 0 Å². The molecule has 3 heteroatoms. The van der Waals surface area contributed by atoms with Gasteiger partial charge in [0.15, 0.2) is 0 Å². The molecule has 0 N–H and O–H groups in total. The first-order chi connectivity index (χ1) is 9.13. The molecule has 2 nitrogen and oxygen atoms in total. The van der Waals surface area contributed by atoms with Crippen LogP contribution in [0.2, 0.25) is 0 Å². The maximum absolute atomic E-state index is 13.4. The summed E-state index contributed by atoms with van der Waals surface area (Å²) in [5.74, 6) is -0.406. The van der Waals surface area contributed by atoms with Crippen molar-refractivity contribution in [2.45, 2.75) is 13.3 Å². The smallest absolute Gasteiger partial charge is 0.150 e. The molecule has 2 aromatic carbocycles. The molecule has 0 aliphatic carbocycles. The number of carbonyl (C=O) groups excluding carboxylic acids is 1. The average molecular weight is 257 g/mol. The Morgan fingerprint density at radius 3 is 2.37 bits per heavy atom. The van der Waals surface area contributed by atoms with Crippen molar-refractivity contribution in [3.8, 4) is 0 Å². The molecule has 0 atom stereocenters. The van der Waals surface area contributed by atoms with Gasteiger partial charge in [0.25, 0.3) is 0 Å². The van der Waals surface area contributed by atoms with E-state index >= 15 is 0 Å². The van der Waals surface area contributed by atoms with Crippen molar-refractivity contribution in [2.24, 2.45) is 0 Å². The fourth-order valence-corrected chi connectivity index (χ4v) is 1.96. The quantitative estimate of drug-likeness (QED) is 0.772. The van der Waals surface area contributed by atoms with Crippen LogP contribution in [0.3, 0.4) is 0 Å². The number of carbonyl (C=O) groups is 1. The molecule has 0 bridgehead atoms. The number of aldehydes is 1. The zero-order chi connectivity index (χ0) is 13.8. The fourth-order valence-electron chi connectivity index (χ4n) is 1.96. The van der Waals surface area contributed by atoms with Crippen LogP contribution in [-0.4, -0.2) is 13.3 Å². The van der Waals surface area contributed by atoms with Gasteiger partial charge in [-0.25, -0.2) is 4.39 Å². The lowest BCUT2D eigenvalue weighted by Gasteiger charge is -2.20. The van der Waals surface area contributed by atoms with Crippen LogP contribution < -0.4 is 4.90 Å². The highest BCUT2D eigenvalue weighted by atomic mass is 19.1. The number of hydrogen-bond donors (Lipinski definition) is 0. The van der Waals surface area contributed by atoms with E-state index in [1.165, 1.54) is 17.7 Å². The summed E-state index contributed by atoms with van der Waals surface area (Å²) >= 11 is 0. The highest BCUT2D eigenvalue weighted by molar-refractivity contribution is 5.78. The number of anilines is 2. The summed E-state index contributed by atoms with van der Waals surface area (Å²) in [6.45, 7) is 2.10. The number of halogens is 1. The highest BCUT2D eigenvalue weighted by Gasteiger charge is 2.07. The Kier molecular flexibility index (Phi) is 3.95. The summed E-state index contributed by atoms with van der Waals surface area (Å²) in [7, 11) is 1.85. The SMILES string of the molecule is CCc1ccc(N(C)c2cc(F)cc(C=O)c2)cc1. The molecule has 0 aliphatic heterocycles. The van der Waals surface area contributed by atoms with Crippen LogP contribution in [0.25, 0.3) is 0 Å². The van der Waals surface area contributed by atoms with Gasteiger partial charge in [0.2, 0.25) is 0 Å². The molecule has 98 valence electrons. The van der Waals surface area contributed by atoms with Gasteiger partial charge in [-0.2, -0.15) is 0 Å². The van der Waals surface area contributed by atoms with Gasteiger partial charge in [0, 0.05) is 24.0 Å². The van der Waals surface area contributed by atoms with Gasteiger partial charge in [-0.1, -0.05) is 19.1 Å². The second-order valence-corrected chi connectivity index (χ2v) is 4.44. The van der Waals surface area contributed by atoms with Gasteiger partial charge < -0.3 is 4.90 Å². The third-order valence-electron chi connectivity index (χ3n) is 3.16. The maximum Gasteiger partial charge on any atom is 0.150 e. The fraction of sp³-hybridized carbons (Fsp3) is 0.188. The summed E-state index contributed by atoms with van der Waals surface area (Å²) < 4.78 is 13.4. The van der Waals surface area contributed by atoms with Crippen LogP contribution in [0.4, 0.5) is 15.8 Å². The Morgan fingerprint density at radius 2 is 1.79 bits per heavy atom. The molecule has 0 amide bonds. The largest absolute Gasteiger partial charge is 0.345 e. The van der Waals surface area contributed by atoms with Gasteiger partial charge in [-0.15, -0.1) is 0 Å². The number of hydrogen-bond acceptors (Lipinski definition) is 2. The van der Waals surface area contributed by atoms with Crippen molar-refractivity contribution in [3.63, 3.8) is 0 Å². The highest BCUT2D eigenvalue weighted by Crippen LogP contribution is 2.25. The Morgan fingerprint density at radius 1 is 1.11 bits per heavy atom. The van der Waals surface area contributed by atoms with E-state index in [0.29, 0.717) is 17.5 Å². The van der Waals surface area contributed by atoms with Crippen molar-refractivity contribution in [1.29, 1.82) is 0 Å². The van der Waals surface area contributed by atoms with Crippen molar-refractivity contribution in [2.75, 3.05) is 11.9 Å². The molecule has 2 aromatic rings. The minimum absolute atomic E-state index is 0.340. The van der Waals surface area contributed by atoms with Crippen LogP contribution in [0.1, 0.15) is 22.8 Å². The Labute approximate surface area is 112 Å². The van der Waals surface area contributed by atoms with E-state index in [1.54, 1.807) is 6.07 Å². The lowest BCUT2D eigenvalue weighted by atomic mass is 10.1. The number of nitrogens with zero attached hydrogens (tertiary/aromatic N) is 1. The van der Waals surface area contributed by atoms with Crippen LogP contribution in [-0.2, 0) is 6.42 Å². The lowest BCUT2D eigenvalue weighted by Crippen LogP contribution is -2.10. The number of benzene rings is 2. The van der Waals surface area contributed by atoms with Crippen LogP contribution >= 0.6 is 0 Å². The average Bonchev–Trinajstić information content (AvgIpc) is 2.46. The van der Waals surface area contributed by atoms with E-state index in [1.807, 2.05) is 36.2 Å². The molecule has 0 saturated carbocycles. The van der Waals surface area contributed by atoms with E-state index in [-0.39, 0.29) is 0 Å². The van der Waals surface area contributed by atoms with E-state index in [4.69, 9.17) is 0 Å². The molecule has 0 unspecified atom stereocenters. The standard InChI is InChI=1S/C16H16FNO/c1-3-12-4-6-15(7-5-12)18(2)16-9-13(11-19)8-14(17)10-16/h4-11H,3H2,1-2H3. The molecule has 2 rings (SSSR count). The molecule has 0 saturated heterocycles. The molecule has 0 aliphatic rings. The summed E-state index contributed by atoms with van der Waals surface area (Å²) in [6, 6.07) is 12.4. The van der Waals surface area contributed by atoms with E-state index in [9.17, 15) is 9.18 Å². The molecule has 19 heavy (non-hydrogen) atoms. The van der Waals surface area contributed by atoms with E-state index < -0.39 is 5.82 Å². The molecule has 0 aromatic heterocycles. The van der Waals surface area contributed by atoms with Crippen LogP contribution in [0.15, 0.2) is 42.5 Å². The Bertz CT molecular complexity index is 578. The number of rotatable bonds is 4. The first-order valence-corrected chi connectivity index (χ1v) is 6.22. The monoisotopic (exact) mass is 257 g/mol. The second kappa shape index (κ2) is 5.65. The van der Waals surface area contributed by atoms with E-state index in [2.05, 4.69) is 6.92 Å². The van der Waals surface area contributed by atoms with Crippen molar-refractivity contribution >= 4 is 17.7 Å². The topological polar surface area (TPSA) is 20.3 Å². The lowest BCUT2D eigenvalue weighted by molar-refractivity contribution is 0.112. The van der Waals surface area contributed by atoms with Gasteiger partial charge in [-0.05, 0) is 42.3 Å². The first-order valence-electron chi connectivity index (χ1n) is 6.22. The Hall–Kier alpha value is -2.16. The summed E-state index contributed by atoms with van der Waals surface area (Å²) in [5.41, 5.74) is 3.21. The van der Waals surface area contributed by atoms with Crippen molar-refractivity contribution in [3.05, 3.63) is 59.4 Å². The molecule has 0 heterocycles. The zero-order valence-electron chi connectivity index (χ0n) is 11.1. The van der Waals surface area contributed by atoms with Crippen molar-refractivity contribution < 1.29 is 9.18 Å². The third kappa shape index (κ3) is 2.99. The minimum Gasteiger partial charge on any atom is -0.345 e. The van der Waals surface area contributed by atoms with Crippen LogP contribution in [0.5, 0.6) is 0 Å². The summed E-state index contributed by atoms with van der Waals surface area (Å²) in [5, 5.41) is 0. The van der Waals surface area contributed by atoms with Crippen LogP contribution in [0, 0.1) is 5.82 Å². The molecule has 0 radical (unpaired) electrons. The Balaban J connectivity index is 2.34. The minimum atomic E-state index is -0.406. The maximum atomic E-state index is 13.4.